The van der Waals surface area contributed by atoms with Crippen LogP contribution in [-0.4, -0.2) is 39.9 Å². The molecule has 2 rings (SSSR count). The van der Waals surface area contributed by atoms with Crippen LogP contribution < -0.4 is 0 Å². The number of rotatable bonds is 0. The van der Waals surface area contributed by atoms with Crippen molar-refractivity contribution in [3.8, 4) is 0 Å². The van der Waals surface area contributed by atoms with E-state index in [1.54, 1.807) is 0 Å². The van der Waals surface area contributed by atoms with Gasteiger partial charge in [0.1, 0.15) is 5.60 Å². The summed E-state index contributed by atoms with van der Waals surface area (Å²) in [6.07, 6.45) is 1.36. The lowest BCUT2D eigenvalue weighted by molar-refractivity contribution is 0.0190. The highest BCUT2D eigenvalue weighted by Gasteiger charge is 2.49. The Morgan fingerprint density at radius 2 is 2.25 bits per heavy atom. The number of halogens is 1. The fourth-order valence-electron chi connectivity index (χ4n) is 2.19. The molecule has 0 radical (unpaired) electrons. The second kappa shape index (κ2) is 3.64. The van der Waals surface area contributed by atoms with Gasteiger partial charge in [0.2, 0.25) is 0 Å². The van der Waals surface area contributed by atoms with E-state index in [0.29, 0.717) is 11.5 Å². The van der Waals surface area contributed by atoms with Crippen LogP contribution in [0, 0.1) is 0 Å². The summed E-state index contributed by atoms with van der Waals surface area (Å²) in [5, 5.41) is 10.3. The van der Waals surface area contributed by atoms with E-state index in [1.807, 2.05) is 26.8 Å². The minimum absolute atomic E-state index is 0.123. The number of fused-ring (bicyclic) bond motifs is 2. The van der Waals surface area contributed by atoms with Gasteiger partial charge in [0.05, 0.1) is 18.2 Å². The largest absolute Gasteiger partial charge is 0.444 e. The van der Waals surface area contributed by atoms with Gasteiger partial charge >= 0.3 is 6.09 Å². The maximum Gasteiger partial charge on any atom is 0.411 e. The number of carbonyl (C=O) groups excluding carboxylic acids is 1. The van der Waals surface area contributed by atoms with Gasteiger partial charge < -0.3 is 9.84 Å². The van der Waals surface area contributed by atoms with Crippen LogP contribution >= 0.6 is 11.6 Å². The summed E-state index contributed by atoms with van der Waals surface area (Å²) in [6, 6.07) is -0.538. The van der Waals surface area contributed by atoms with Crippen LogP contribution in [-0.2, 0) is 4.74 Å². The first kappa shape index (κ1) is 11.7. The zero-order chi connectivity index (χ0) is 12.1. The molecule has 0 aromatic heterocycles. The lowest BCUT2D eigenvalue weighted by atomic mass is 10.1. The third-order valence-electron chi connectivity index (χ3n) is 2.74. The molecular formula is C11H16ClNO3. The molecule has 2 aliphatic rings. The van der Waals surface area contributed by atoms with Gasteiger partial charge in [-0.1, -0.05) is 11.6 Å². The highest BCUT2D eigenvalue weighted by atomic mass is 35.5. The van der Waals surface area contributed by atoms with Gasteiger partial charge in [-0.2, -0.15) is 0 Å². The minimum Gasteiger partial charge on any atom is -0.444 e. The summed E-state index contributed by atoms with van der Waals surface area (Å²) in [4.78, 5) is 13.4. The molecule has 2 heterocycles. The number of nitrogens with zero attached hydrogens (tertiary/aromatic N) is 1. The molecule has 0 aromatic rings. The molecule has 0 aromatic carbocycles. The monoisotopic (exact) mass is 245 g/mol. The lowest BCUT2D eigenvalue weighted by Crippen LogP contribution is -2.42. The number of carbonyl (C=O) groups is 1. The minimum atomic E-state index is -0.574. The van der Waals surface area contributed by atoms with Crippen molar-refractivity contribution in [2.45, 2.75) is 51.0 Å². The summed E-state index contributed by atoms with van der Waals surface area (Å²) in [6.45, 7) is 5.44. The zero-order valence-electron chi connectivity index (χ0n) is 9.61. The normalized spacial score (nSPS) is 32.9. The average Bonchev–Trinajstić information content (AvgIpc) is 2.52. The van der Waals surface area contributed by atoms with E-state index in [2.05, 4.69) is 0 Å². The second-order valence-corrected chi connectivity index (χ2v) is 5.69. The Morgan fingerprint density at radius 1 is 1.62 bits per heavy atom. The van der Waals surface area contributed by atoms with Crippen LogP contribution in [0.3, 0.4) is 0 Å². The Kier molecular flexibility index (Phi) is 2.67. The van der Waals surface area contributed by atoms with Gasteiger partial charge in [-0.15, -0.1) is 0 Å². The third kappa shape index (κ3) is 1.92. The predicted octanol–water partition coefficient (Wildman–Crippen LogP) is 1.86. The van der Waals surface area contributed by atoms with Crippen molar-refractivity contribution in [3.63, 3.8) is 0 Å². The van der Waals surface area contributed by atoms with E-state index < -0.39 is 23.8 Å². The Morgan fingerprint density at radius 3 is 2.69 bits per heavy atom. The van der Waals surface area contributed by atoms with Crippen molar-refractivity contribution in [2.24, 2.45) is 0 Å². The quantitative estimate of drug-likeness (QED) is 0.709. The molecule has 5 heteroatoms. The molecule has 1 fully saturated rings. The standard InChI is InChI=1S/C11H16ClNO3/c1-11(2,3)16-10(15)13-6-4-7(12)9(13)8(14)5-6/h4,6,8-9,14H,5H2,1-3H3/t6?,8-,9?/m1/s1. The Balaban J connectivity index is 2.11. The fraction of sp³-hybridized carbons (Fsp3) is 0.727. The number of aliphatic hydroxyl groups excluding tert-OH is 1. The predicted molar refractivity (Wildman–Crippen MR) is 60.2 cm³/mol. The summed E-state index contributed by atoms with van der Waals surface area (Å²) < 4.78 is 5.28. The molecule has 0 spiro atoms. The Labute approximate surface area is 99.8 Å². The molecule has 2 unspecified atom stereocenters. The molecule has 0 saturated carbocycles. The first-order valence-corrected chi connectivity index (χ1v) is 5.74. The summed E-state index contributed by atoms with van der Waals surface area (Å²) in [5.74, 6) is 0. The van der Waals surface area contributed by atoms with E-state index in [-0.39, 0.29) is 6.04 Å². The van der Waals surface area contributed by atoms with E-state index in [1.165, 1.54) is 4.90 Å². The van der Waals surface area contributed by atoms with Gasteiger partial charge in [0.15, 0.2) is 0 Å². The number of hydrogen-bond acceptors (Lipinski definition) is 3. The van der Waals surface area contributed by atoms with Crippen molar-refractivity contribution in [3.05, 3.63) is 11.1 Å². The van der Waals surface area contributed by atoms with Crippen molar-refractivity contribution in [1.82, 2.24) is 4.90 Å². The second-order valence-electron chi connectivity index (χ2n) is 5.25. The summed E-state index contributed by atoms with van der Waals surface area (Å²) in [5.41, 5.74) is -0.531. The number of hydrogen-bond donors (Lipinski definition) is 1. The fourth-order valence-corrected chi connectivity index (χ4v) is 2.59. The number of amides is 1. The highest BCUT2D eigenvalue weighted by Crippen LogP contribution is 2.39. The first-order valence-electron chi connectivity index (χ1n) is 5.36. The van der Waals surface area contributed by atoms with Gasteiger partial charge in [0.25, 0.3) is 0 Å². The molecule has 1 amide bonds. The number of ether oxygens (including phenoxy) is 1. The lowest BCUT2D eigenvalue weighted by Gasteiger charge is -2.28. The van der Waals surface area contributed by atoms with Crippen LogP contribution in [0.5, 0.6) is 0 Å². The third-order valence-corrected chi connectivity index (χ3v) is 3.09. The zero-order valence-corrected chi connectivity index (χ0v) is 10.4. The molecule has 90 valence electrons. The highest BCUT2D eigenvalue weighted by molar-refractivity contribution is 6.31. The molecule has 1 N–H and O–H groups in total. The van der Waals surface area contributed by atoms with E-state index in [0.717, 1.165) is 0 Å². The Hall–Kier alpha value is -0.740. The maximum atomic E-state index is 11.9. The van der Waals surface area contributed by atoms with Crippen LogP contribution in [0.15, 0.2) is 11.1 Å². The van der Waals surface area contributed by atoms with Crippen molar-refractivity contribution in [2.75, 3.05) is 0 Å². The molecule has 0 aliphatic carbocycles. The van der Waals surface area contributed by atoms with Crippen LogP contribution in [0.2, 0.25) is 0 Å². The molecule has 3 atom stereocenters. The van der Waals surface area contributed by atoms with Crippen LogP contribution in [0.1, 0.15) is 27.2 Å². The smallest absolute Gasteiger partial charge is 0.411 e. The molecule has 16 heavy (non-hydrogen) atoms. The van der Waals surface area contributed by atoms with E-state index >= 15 is 0 Å². The summed E-state index contributed by atoms with van der Waals surface area (Å²) >= 11 is 5.97. The molecule has 2 aliphatic heterocycles. The van der Waals surface area contributed by atoms with E-state index in [4.69, 9.17) is 16.3 Å². The molecule has 1 saturated heterocycles. The SMILES string of the molecule is CC(C)(C)OC(=O)N1C2C=C(Cl)C1[C@H](O)C2. The van der Waals surface area contributed by atoms with Crippen molar-refractivity contribution in [1.29, 1.82) is 0 Å². The van der Waals surface area contributed by atoms with Crippen LogP contribution in [0.4, 0.5) is 4.79 Å². The number of aliphatic hydroxyl groups is 1. The van der Waals surface area contributed by atoms with Gasteiger partial charge in [-0.25, -0.2) is 4.79 Å². The summed E-state index contributed by atoms with van der Waals surface area (Å²) in [7, 11) is 0. The first-order chi connectivity index (χ1) is 7.29. The van der Waals surface area contributed by atoms with Gasteiger partial charge in [-0.3, -0.25) is 4.90 Å². The van der Waals surface area contributed by atoms with E-state index in [9.17, 15) is 9.90 Å². The van der Waals surface area contributed by atoms with Crippen LogP contribution in [0.25, 0.3) is 0 Å². The van der Waals surface area contributed by atoms with Gasteiger partial charge in [0, 0.05) is 5.03 Å². The maximum absolute atomic E-state index is 11.9. The molecular weight excluding hydrogens is 230 g/mol. The van der Waals surface area contributed by atoms with Gasteiger partial charge in [-0.05, 0) is 33.3 Å². The van der Waals surface area contributed by atoms with Crippen molar-refractivity contribution < 1.29 is 14.6 Å². The van der Waals surface area contributed by atoms with Crippen molar-refractivity contribution >= 4 is 17.7 Å². The topological polar surface area (TPSA) is 49.8 Å². The molecule has 4 nitrogen and oxygen atoms in total. The molecule has 2 bridgehead atoms. The average molecular weight is 246 g/mol. The Bertz CT molecular complexity index is 348.